The summed E-state index contributed by atoms with van der Waals surface area (Å²) in [6.07, 6.45) is 0. The van der Waals surface area contributed by atoms with Crippen LogP contribution >= 0.6 is 0 Å². The Kier molecular flexibility index (Phi) is 8.27. The number of carbonyl (C=O) groups excluding carboxylic acids is 2. The van der Waals surface area contributed by atoms with Gasteiger partial charge >= 0.3 is 5.97 Å². The lowest BCUT2D eigenvalue weighted by Crippen LogP contribution is -2.31. The highest BCUT2D eigenvalue weighted by molar-refractivity contribution is 5.80. The van der Waals surface area contributed by atoms with Gasteiger partial charge in [-0.1, -0.05) is 32.0 Å². The predicted octanol–water partition coefficient (Wildman–Crippen LogP) is 3.77. The number of nitrogens with zero attached hydrogens (tertiary/aromatic N) is 2. The van der Waals surface area contributed by atoms with Crippen molar-refractivity contribution < 1.29 is 19.1 Å². The van der Waals surface area contributed by atoms with E-state index in [1.807, 2.05) is 68.4 Å². The molecule has 6 nitrogen and oxygen atoms in total. The summed E-state index contributed by atoms with van der Waals surface area (Å²) in [4.78, 5) is 27.7. The zero-order valence-electron chi connectivity index (χ0n) is 18.8. The van der Waals surface area contributed by atoms with Gasteiger partial charge < -0.3 is 19.3 Å². The Morgan fingerprint density at radius 2 is 1.63 bits per heavy atom. The van der Waals surface area contributed by atoms with Crippen LogP contribution < -0.4 is 9.64 Å². The maximum atomic E-state index is 12.2. The largest absolute Gasteiger partial charge is 0.482 e. The monoisotopic (exact) mass is 412 g/mol. The zero-order chi connectivity index (χ0) is 22.3. The molecule has 30 heavy (non-hydrogen) atoms. The Hall–Kier alpha value is -3.02. The molecule has 6 heteroatoms. The van der Waals surface area contributed by atoms with Crippen LogP contribution in [-0.4, -0.2) is 51.1 Å². The van der Waals surface area contributed by atoms with E-state index in [9.17, 15) is 9.59 Å². The first-order valence-electron chi connectivity index (χ1n) is 10.1. The molecule has 0 aromatic heterocycles. The van der Waals surface area contributed by atoms with Gasteiger partial charge in [-0.3, -0.25) is 4.79 Å². The van der Waals surface area contributed by atoms with Gasteiger partial charge in [0.15, 0.2) is 13.2 Å². The van der Waals surface area contributed by atoms with Crippen LogP contribution in [-0.2, 0) is 20.9 Å². The first-order valence-corrected chi connectivity index (χ1v) is 10.1. The van der Waals surface area contributed by atoms with E-state index >= 15 is 0 Å². The number of benzene rings is 2. The highest BCUT2D eigenvalue weighted by Gasteiger charge is 2.13. The SMILES string of the molecule is Cc1cc(OCC(=O)OCC(=O)N(C)Cc2ccc(N(C)C)cc2)ccc1C(C)C. The Bertz CT molecular complexity index is 860. The summed E-state index contributed by atoms with van der Waals surface area (Å²) in [6.45, 7) is 6.19. The number of aryl methyl sites for hydroxylation is 1. The summed E-state index contributed by atoms with van der Waals surface area (Å²) in [6, 6.07) is 13.7. The van der Waals surface area contributed by atoms with Crippen molar-refractivity contribution in [2.45, 2.75) is 33.2 Å². The molecule has 0 bridgehead atoms. The zero-order valence-corrected chi connectivity index (χ0v) is 18.8. The van der Waals surface area contributed by atoms with Crippen LogP contribution in [0.25, 0.3) is 0 Å². The molecular formula is C24H32N2O4. The normalized spacial score (nSPS) is 10.6. The molecule has 162 valence electrons. The van der Waals surface area contributed by atoms with Gasteiger partial charge in [-0.25, -0.2) is 4.79 Å². The number of rotatable bonds is 9. The summed E-state index contributed by atoms with van der Waals surface area (Å²) in [7, 11) is 5.64. The molecule has 0 spiro atoms. The molecule has 0 aliphatic carbocycles. The first kappa shape index (κ1) is 23.3. The molecule has 1 amide bonds. The summed E-state index contributed by atoms with van der Waals surface area (Å²) in [5.41, 5.74) is 4.46. The highest BCUT2D eigenvalue weighted by Crippen LogP contribution is 2.23. The molecule has 0 saturated heterocycles. The van der Waals surface area contributed by atoms with E-state index in [0.29, 0.717) is 18.2 Å². The quantitative estimate of drug-likeness (QED) is 0.587. The average molecular weight is 413 g/mol. The molecule has 2 rings (SSSR count). The molecular weight excluding hydrogens is 380 g/mol. The summed E-state index contributed by atoms with van der Waals surface area (Å²) < 4.78 is 10.6. The second kappa shape index (κ2) is 10.7. The summed E-state index contributed by atoms with van der Waals surface area (Å²) >= 11 is 0. The lowest BCUT2D eigenvalue weighted by atomic mass is 9.98. The third-order valence-corrected chi connectivity index (χ3v) is 4.87. The second-order valence-electron chi connectivity index (χ2n) is 7.93. The lowest BCUT2D eigenvalue weighted by Gasteiger charge is -2.18. The fourth-order valence-electron chi connectivity index (χ4n) is 3.08. The lowest BCUT2D eigenvalue weighted by molar-refractivity contribution is -0.153. The molecule has 0 fully saturated rings. The van der Waals surface area contributed by atoms with Crippen molar-refractivity contribution in [2.24, 2.45) is 0 Å². The Morgan fingerprint density at radius 1 is 0.967 bits per heavy atom. The van der Waals surface area contributed by atoms with E-state index in [2.05, 4.69) is 13.8 Å². The number of esters is 1. The Morgan fingerprint density at radius 3 is 2.20 bits per heavy atom. The number of likely N-dealkylation sites (N-methyl/N-ethyl adjacent to an activating group) is 1. The molecule has 0 aliphatic heterocycles. The first-order chi connectivity index (χ1) is 14.2. The van der Waals surface area contributed by atoms with Crippen molar-refractivity contribution in [1.82, 2.24) is 4.90 Å². The summed E-state index contributed by atoms with van der Waals surface area (Å²) in [5.74, 6) is 0.200. The Labute approximate surface area is 179 Å². The van der Waals surface area contributed by atoms with Crippen molar-refractivity contribution in [3.05, 3.63) is 59.2 Å². The van der Waals surface area contributed by atoms with Gasteiger partial charge in [0.25, 0.3) is 5.91 Å². The maximum absolute atomic E-state index is 12.2. The van der Waals surface area contributed by atoms with Crippen molar-refractivity contribution in [2.75, 3.05) is 39.3 Å². The van der Waals surface area contributed by atoms with Crippen molar-refractivity contribution in [1.29, 1.82) is 0 Å². The van der Waals surface area contributed by atoms with E-state index in [1.165, 1.54) is 10.5 Å². The van der Waals surface area contributed by atoms with Crippen LogP contribution in [0.3, 0.4) is 0 Å². The minimum atomic E-state index is -0.572. The van der Waals surface area contributed by atoms with Gasteiger partial charge in [0.2, 0.25) is 0 Å². The summed E-state index contributed by atoms with van der Waals surface area (Å²) in [5, 5.41) is 0. The molecule has 0 atom stereocenters. The van der Waals surface area contributed by atoms with E-state index in [0.717, 1.165) is 16.8 Å². The maximum Gasteiger partial charge on any atom is 0.344 e. The second-order valence-corrected chi connectivity index (χ2v) is 7.93. The number of anilines is 1. The third-order valence-electron chi connectivity index (χ3n) is 4.87. The van der Waals surface area contributed by atoms with Crippen LogP contribution in [0.5, 0.6) is 5.75 Å². The molecule has 0 unspecified atom stereocenters. The van der Waals surface area contributed by atoms with E-state index < -0.39 is 5.97 Å². The van der Waals surface area contributed by atoms with E-state index in [4.69, 9.17) is 9.47 Å². The number of carbonyl (C=O) groups is 2. The van der Waals surface area contributed by atoms with Gasteiger partial charge in [-0.15, -0.1) is 0 Å². The molecule has 0 radical (unpaired) electrons. The topological polar surface area (TPSA) is 59.1 Å². The molecule has 0 N–H and O–H groups in total. The Balaban J connectivity index is 1.76. The van der Waals surface area contributed by atoms with Gasteiger partial charge in [0, 0.05) is 33.4 Å². The van der Waals surface area contributed by atoms with Crippen LogP contribution in [0.4, 0.5) is 5.69 Å². The fourth-order valence-corrected chi connectivity index (χ4v) is 3.08. The molecule has 0 aliphatic rings. The number of amides is 1. The fraction of sp³-hybridized carbons (Fsp3) is 0.417. The standard InChI is InChI=1S/C24H32N2O4/c1-17(2)22-12-11-21(13-18(22)3)29-16-24(28)30-15-23(27)26(6)14-19-7-9-20(10-8-19)25(4)5/h7-13,17H,14-16H2,1-6H3. The van der Waals surface area contributed by atoms with E-state index in [-0.39, 0.29) is 19.1 Å². The molecule has 0 saturated carbocycles. The predicted molar refractivity (Wildman–Crippen MR) is 119 cm³/mol. The number of ether oxygens (including phenoxy) is 2. The van der Waals surface area contributed by atoms with Gasteiger partial charge in [-0.05, 0) is 53.8 Å². The van der Waals surface area contributed by atoms with Crippen molar-refractivity contribution in [3.63, 3.8) is 0 Å². The molecule has 2 aromatic rings. The average Bonchev–Trinajstić information content (AvgIpc) is 2.70. The van der Waals surface area contributed by atoms with Crippen LogP contribution in [0, 0.1) is 6.92 Å². The molecule has 0 heterocycles. The van der Waals surface area contributed by atoms with Gasteiger partial charge in [0.05, 0.1) is 0 Å². The third kappa shape index (κ3) is 6.79. The van der Waals surface area contributed by atoms with E-state index in [1.54, 1.807) is 7.05 Å². The molecule has 2 aromatic carbocycles. The van der Waals surface area contributed by atoms with Gasteiger partial charge in [0.1, 0.15) is 5.75 Å². The van der Waals surface area contributed by atoms with Crippen LogP contribution in [0.2, 0.25) is 0 Å². The van der Waals surface area contributed by atoms with Gasteiger partial charge in [-0.2, -0.15) is 0 Å². The van der Waals surface area contributed by atoms with Crippen molar-refractivity contribution >= 4 is 17.6 Å². The van der Waals surface area contributed by atoms with Crippen molar-refractivity contribution in [3.8, 4) is 5.75 Å². The van der Waals surface area contributed by atoms with Crippen LogP contribution in [0.1, 0.15) is 36.5 Å². The smallest absolute Gasteiger partial charge is 0.344 e. The number of hydrogen-bond donors (Lipinski definition) is 0. The minimum absolute atomic E-state index is 0.233. The van der Waals surface area contributed by atoms with Crippen LogP contribution in [0.15, 0.2) is 42.5 Å². The highest BCUT2D eigenvalue weighted by atomic mass is 16.6. The minimum Gasteiger partial charge on any atom is -0.482 e. The number of hydrogen-bond acceptors (Lipinski definition) is 5.